The van der Waals surface area contributed by atoms with Crippen molar-refractivity contribution in [3.8, 4) is 0 Å². The number of hydrogen-bond donors (Lipinski definition) is 3. The number of sulfonamides is 1. The molecular weight excluding hydrogens is 374 g/mol. The van der Waals surface area contributed by atoms with E-state index >= 15 is 0 Å². The van der Waals surface area contributed by atoms with E-state index in [2.05, 4.69) is 15.4 Å². The zero-order chi connectivity index (χ0) is 20.0. The summed E-state index contributed by atoms with van der Waals surface area (Å²) < 4.78 is 30.1. The SMILES string of the molecule is C[C@@H](OC(=O)c1ccccc1NS(C)(=O)=O)C(=O)NC(=O)NC1CCCC1. The molecule has 1 aromatic rings. The molecule has 27 heavy (non-hydrogen) atoms. The zero-order valence-electron chi connectivity index (χ0n) is 15.2. The number of benzene rings is 1. The number of carbonyl (C=O) groups is 3. The summed E-state index contributed by atoms with van der Waals surface area (Å²) in [6.07, 6.45) is 3.53. The van der Waals surface area contributed by atoms with E-state index in [-0.39, 0.29) is 17.3 Å². The lowest BCUT2D eigenvalue weighted by Gasteiger charge is -2.16. The average molecular weight is 397 g/mol. The molecule has 1 aromatic carbocycles. The van der Waals surface area contributed by atoms with Crippen molar-refractivity contribution in [1.82, 2.24) is 10.6 Å². The summed E-state index contributed by atoms with van der Waals surface area (Å²) >= 11 is 0. The minimum absolute atomic E-state index is 0.0385. The van der Waals surface area contributed by atoms with Crippen molar-refractivity contribution >= 4 is 33.6 Å². The van der Waals surface area contributed by atoms with Gasteiger partial charge in [0.25, 0.3) is 5.91 Å². The van der Waals surface area contributed by atoms with Crippen molar-refractivity contribution in [3.63, 3.8) is 0 Å². The summed E-state index contributed by atoms with van der Waals surface area (Å²) in [6, 6.07) is 5.26. The first-order chi connectivity index (χ1) is 12.7. The molecular formula is C17H23N3O6S. The molecule has 3 N–H and O–H groups in total. The second kappa shape index (κ2) is 8.85. The van der Waals surface area contributed by atoms with Gasteiger partial charge in [-0.15, -0.1) is 0 Å². The number of ether oxygens (including phenoxy) is 1. The van der Waals surface area contributed by atoms with Gasteiger partial charge in [-0.05, 0) is 31.9 Å². The van der Waals surface area contributed by atoms with Crippen molar-refractivity contribution in [3.05, 3.63) is 29.8 Å². The predicted octanol–water partition coefficient (Wildman–Crippen LogP) is 1.37. The quantitative estimate of drug-likeness (QED) is 0.622. The summed E-state index contributed by atoms with van der Waals surface area (Å²) in [5, 5.41) is 4.84. The number of hydrogen-bond acceptors (Lipinski definition) is 6. The molecule has 0 saturated heterocycles. The maximum absolute atomic E-state index is 12.3. The molecule has 0 aliphatic heterocycles. The van der Waals surface area contributed by atoms with E-state index < -0.39 is 34.0 Å². The van der Waals surface area contributed by atoms with Crippen LogP contribution in [-0.4, -0.2) is 44.7 Å². The van der Waals surface area contributed by atoms with E-state index in [1.165, 1.54) is 25.1 Å². The number of para-hydroxylation sites is 1. The molecule has 1 aliphatic carbocycles. The van der Waals surface area contributed by atoms with Gasteiger partial charge in [-0.1, -0.05) is 25.0 Å². The largest absolute Gasteiger partial charge is 0.449 e. The number of anilines is 1. The maximum Gasteiger partial charge on any atom is 0.341 e. The van der Waals surface area contributed by atoms with Crippen LogP contribution in [0.15, 0.2) is 24.3 Å². The Morgan fingerprint density at radius 2 is 1.78 bits per heavy atom. The minimum Gasteiger partial charge on any atom is -0.449 e. The molecule has 0 bridgehead atoms. The van der Waals surface area contributed by atoms with Crippen LogP contribution in [0, 0.1) is 0 Å². The Labute approximate surface area is 157 Å². The van der Waals surface area contributed by atoms with Crippen molar-refractivity contribution in [1.29, 1.82) is 0 Å². The van der Waals surface area contributed by atoms with Gasteiger partial charge in [0.05, 0.1) is 17.5 Å². The highest BCUT2D eigenvalue weighted by Gasteiger charge is 2.24. The number of nitrogens with one attached hydrogen (secondary N) is 3. The topological polar surface area (TPSA) is 131 Å². The molecule has 0 heterocycles. The van der Waals surface area contributed by atoms with Crippen LogP contribution in [0.4, 0.5) is 10.5 Å². The van der Waals surface area contributed by atoms with Crippen LogP contribution in [0.2, 0.25) is 0 Å². The fraction of sp³-hybridized carbons (Fsp3) is 0.471. The van der Waals surface area contributed by atoms with Crippen LogP contribution >= 0.6 is 0 Å². The fourth-order valence-corrected chi connectivity index (χ4v) is 3.31. The van der Waals surface area contributed by atoms with Crippen LogP contribution in [0.25, 0.3) is 0 Å². The maximum atomic E-state index is 12.3. The third-order valence-electron chi connectivity index (χ3n) is 4.02. The molecule has 1 fully saturated rings. The third kappa shape index (κ3) is 6.55. The molecule has 2 rings (SSSR count). The average Bonchev–Trinajstić information content (AvgIpc) is 3.06. The van der Waals surface area contributed by atoms with E-state index in [0.717, 1.165) is 31.9 Å². The summed E-state index contributed by atoms with van der Waals surface area (Å²) in [5.74, 6) is -1.66. The Kier molecular flexibility index (Phi) is 6.78. The van der Waals surface area contributed by atoms with Gasteiger partial charge in [-0.25, -0.2) is 18.0 Å². The van der Waals surface area contributed by atoms with Crippen LogP contribution in [-0.2, 0) is 19.6 Å². The standard InChI is InChI=1S/C17H23N3O6S/c1-11(15(21)19-17(23)18-12-7-3-4-8-12)26-16(22)13-9-5-6-10-14(13)20-27(2,24)25/h5-6,9-12,20H,3-4,7-8H2,1-2H3,(H2,18,19,21,23)/t11-/m1/s1. The van der Waals surface area contributed by atoms with Crippen LogP contribution < -0.4 is 15.4 Å². The first kappa shape index (κ1) is 20.7. The summed E-state index contributed by atoms with van der Waals surface area (Å²) in [7, 11) is -3.60. The van der Waals surface area contributed by atoms with Crippen LogP contribution in [0.3, 0.4) is 0 Å². The van der Waals surface area contributed by atoms with E-state index in [4.69, 9.17) is 4.74 Å². The highest BCUT2D eigenvalue weighted by molar-refractivity contribution is 7.92. The highest BCUT2D eigenvalue weighted by Crippen LogP contribution is 2.18. The van der Waals surface area contributed by atoms with Gasteiger partial charge >= 0.3 is 12.0 Å². The second-order valence-electron chi connectivity index (χ2n) is 6.41. The van der Waals surface area contributed by atoms with Crippen LogP contribution in [0.5, 0.6) is 0 Å². The lowest BCUT2D eigenvalue weighted by Crippen LogP contribution is -2.47. The summed E-state index contributed by atoms with van der Waals surface area (Å²) in [6.45, 7) is 1.32. The molecule has 0 unspecified atom stereocenters. The molecule has 1 saturated carbocycles. The van der Waals surface area contributed by atoms with E-state index in [9.17, 15) is 22.8 Å². The van der Waals surface area contributed by atoms with Crippen molar-refractivity contribution in [2.75, 3.05) is 11.0 Å². The molecule has 0 aromatic heterocycles. The Hall–Kier alpha value is -2.62. The number of amides is 3. The van der Waals surface area contributed by atoms with Gasteiger partial charge in [0.1, 0.15) is 0 Å². The third-order valence-corrected chi connectivity index (χ3v) is 4.61. The monoisotopic (exact) mass is 397 g/mol. The highest BCUT2D eigenvalue weighted by atomic mass is 32.2. The second-order valence-corrected chi connectivity index (χ2v) is 8.16. The number of esters is 1. The Bertz CT molecular complexity index is 818. The molecule has 3 amide bonds. The molecule has 9 nitrogen and oxygen atoms in total. The van der Waals surface area contributed by atoms with Gasteiger partial charge < -0.3 is 10.1 Å². The first-order valence-corrected chi connectivity index (χ1v) is 10.4. The lowest BCUT2D eigenvalue weighted by atomic mass is 10.2. The summed E-state index contributed by atoms with van der Waals surface area (Å²) in [4.78, 5) is 36.2. The van der Waals surface area contributed by atoms with E-state index in [1.54, 1.807) is 6.07 Å². The number of urea groups is 1. The van der Waals surface area contributed by atoms with Gasteiger partial charge in [-0.2, -0.15) is 0 Å². The number of imide groups is 1. The number of carbonyl (C=O) groups excluding carboxylic acids is 3. The first-order valence-electron chi connectivity index (χ1n) is 8.55. The Balaban J connectivity index is 1.94. The molecule has 0 radical (unpaired) electrons. The van der Waals surface area contributed by atoms with Crippen molar-refractivity contribution in [2.45, 2.75) is 44.8 Å². The van der Waals surface area contributed by atoms with Gasteiger partial charge in [0.15, 0.2) is 6.10 Å². The summed E-state index contributed by atoms with van der Waals surface area (Å²) in [5.41, 5.74) is -0.00503. The molecule has 1 atom stereocenters. The van der Waals surface area contributed by atoms with Gasteiger partial charge in [0.2, 0.25) is 10.0 Å². The number of rotatable bonds is 6. The molecule has 148 valence electrons. The van der Waals surface area contributed by atoms with Gasteiger partial charge in [-0.3, -0.25) is 14.8 Å². The molecule has 10 heteroatoms. The van der Waals surface area contributed by atoms with Crippen LogP contribution in [0.1, 0.15) is 43.0 Å². The predicted molar refractivity (Wildman–Crippen MR) is 98.7 cm³/mol. The van der Waals surface area contributed by atoms with Crippen molar-refractivity contribution in [2.24, 2.45) is 0 Å². The Morgan fingerprint density at radius 3 is 2.41 bits per heavy atom. The Morgan fingerprint density at radius 1 is 1.15 bits per heavy atom. The van der Waals surface area contributed by atoms with Crippen molar-refractivity contribution < 1.29 is 27.5 Å². The minimum atomic E-state index is -3.60. The zero-order valence-corrected chi connectivity index (χ0v) is 16.0. The van der Waals surface area contributed by atoms with E-state index in [1.807, 2.05) is 0 Å². The normalized spacial score (nSPS) is 15.6. The van der Waals surface area contributed by atoms with Gasteiger partial charge in [0, 0.05) is 6.04 Å². The molecule has 1 aliphatic rings. The lowest BCUT2D eigenvalue weighted by molar-refractivity contribution is -0.127. The molecule has 0 spiro atoms. The fourth-order valence-electron chi connectivity index (χ4n) is 2.73. The van der Waals surface area contributed by atoms with E-state index in [0.29, 0.717) is 0 Å². The smallest absolute Gasteiger partial charge is 0.341 e.